The van der Waals surface area contributed by atoms with Crippen LogP contribution in [0.5, 0.6) is 5.88 Å². The van der Waals surface area contributed by atoms with Crippen molar-refractivity contribution in [3.05, 3.63) is 58.3 Å². The molecule has 0 unspecified atom stereocenters. The summed E-state index contributed by atoms with van der Waals surface area (Å²) in [5.74, 6) is -1.32. The van der Waals surface area contributed by atoms with Crippen LogP contribution in [0.25, 0.3) is 11.6 Å². The minimum absolute atomic E-state index is 0.0551. The number of esters is 1. The van der Waals surface area contributed by atoms with Crippen LogP contribution >= 0.6 is 0 Å². The van der Waals surface area contributed by atoms with E-state index in [4.69, 9.17) is 4.74 Å². The number of rotatable bonds is 3. The highest BCUT2D eigenvalue weighted by atomic mass is 19.1. The lowest BCUT2D eigenvalue weighted by molar-refractivity contribution is -0.110. The summed E-state index contributed by atoms with van der Waals surface area (Å²) in [6.07, 6.45) is 2.88. The second-order valence-electron chi connectivity index (χ2n) is 6.06. The Morgan fingerprint density at radius 3 is 2.85 bits per heavy atom. The number of nitrogens with one attached hydrogen (secondary N) is 3. The van der Waals surface area contributed by atoms with E-state index in [1.54, 1.807) is 19.9 Å². The Labute approximate surface area is 152 Å². The number of anilines is 1. The van der Waals surface area contributed by atoms with E-state index in [0.717, 1.165) is 0 Å². The zero-order chi connectivity index (χ0) is 19.1. The first kappa shape index (κ1) is 16.7. The summed E-state index contributed by atoms with van der Waals surface area (Å²) in [4.78, 5) is 27.8. The molecule has 136 valence electrons. The summed E-state index contributed by atoms with van der Waals surface area (Å²) in [6, 6.07) is 4.09. The van der Waals surface area contributed by atoms with Gasteiger partial charge in [0, 0.05) is 22.6 Å². The average molecular weight is 367 g/mol. The smallest absolute Gasteiger partial charge is 0.347 e. The predicted octanol–water partition coefficient (Wildman–Crippen LogP) is 2.60. The van der Waals surface area contributed by atoms with Crippen LogP contribution in [0.2, 0.25) is 0 Å². The number of H-pyrrole nitrogens is 2. The molecule has 0 spiro atoms. The van der Waals surface area contributed by atoms with E-state index in [9.17, 15) is 14.0 Å². The number of amides is 1. The molecule has 0 saturated heterocycles. The Morgan fingerprint density at radius 2 is 2.11 bits per heavy atom. The van der Waals surface area contributed by atoms with Gasteiger partial charge in [-0.05, 0) is 43.7 Å². The second-order valence-corrected chi connectivity index (χ2v) is 6.06. The molecule has 0 radical (unpaired) electrons. The van der Waals surface area contributed by atoms with Gasteiger partial charge in [0.15, 0.2) is 0 Å². The molecule has 3 aromatic rings. The third kappa shape index (κ3) is 2.88. The third-order valence-corrected chi connectivity index (χ3v) is 4.32. The van der Waals surface area contributed by atoms with E-state index >= 15 is 0 Å². The van der Waals surface area contributed by atoms with Crippen molar-refractivity contribution in [2.45, 2.75) is 13.8 Å². The molecule has 27 heavy (non-hydrogen) atoms. The van der Waals surface area contributed by atoms with E-state index in [1.165, 1.54) is 24.4 Å². The molecule has 0 aliphatic carbocycles. The summed E-state index contributed by atoms with van der Waals surface area (Å²) in [5.41, 5.74) is 3.39. The molecule has 1 aliphatic heterocycles. The highest BCUT2D eigenvalue weighted by Crippen LogP contribution is 2.34. The largest absolute Gasteiger partial charge is 0.400 e. The fourth-order valence-electron chi connectivity index (χ4n) is 3.06. The first-order valence-corrected chi connectivity index (χ1v) is 8.04. The fourth-order valence-corrected chi connectivity index (χ4v) is 3.06. The Kier molecular flexibility index (Phi) is 3.84. The lowest BCUT2D eigenvalue weighted by Crippen LogP contribution is -2.10. The highest BCUT2D eigenvalue weighted by molar-refractivity contribution is 6.34. The van der Waals surface area contributed by atoms with Crippen LogP contribution in [-0.4, -0.2) is 32.3 Å². The van der Waals surface area contributed by atoms with Crippen LogP contribution in [0.4, 0.5) is 10.1 Å². The number of hydrogen-bond donors (Lipinski definition) is 3. The van der Waals surface area contributed by atoms with Crippen molar-refractivity contribution in [1.82, 2.24) is 20.4 Å². The van der Waals surface area contributed by atoms with Crippen molar-refractivity contribution in [3.63, 3.8) is 0 Å². The maximum Gasteiger partial charge on any atom is 0.347 e. The van der Waals surface area contributed by atoms with Crippen molar-refractivity contribution in [2.24, 2.45) is 0 Å². The number of fused-ring (bicyclic) bond motifs is 1. The van der Waals surface area contributed by atoms with Crippen LogP contribution in [0, 0.1) is 19.7 Å². The van der Waals surface area contributed by atoms with Gasteiger partial charge >= 0.3 is 5.97 Å². The maximum absolute atomic E-state index is 13.6. The molecule has 0 fully saturated rings. The highest BCUT2D eigenvalue weighted by Gasteiger charge is 2.26. The van der Waals surface area contributed by atoms with Crippen molar-refractivity contribution in [2.75, 3.05) is 5.32 Å². The Balaban J connectivity index is 1.72. The second kappa shape index (κ2) is 6.20. The quantitative estimate of drug-likeness (QED) is 0.486. The zero-order valence-electron chi connectivity index (χ0n) is 14.4. The molecule has 3 heterocycles. The Morgan fingerprint density at radius 1 is 1.30 bits per heavy atom. The van der Waals surface area contributed by atoms with Gasteiger partial charge in [-0.15, -0.1) is 5.10 Å². The summed E-state index contributed by atoms with van der Waals surface area (Å²) >= 11 is 0. The van der Waals surface area contributed by atoms with Crippen LogP contribution in [0.15, 0.2) is 24.4 Å². The first-order valence-electron chi connectivity index (χ1n) is 8.04. The molecule has 8 nitrogen and oxygen atoms in total. The SMILES string of the molecule is Cc1[nH]c(/C=C2\C(=O)Nc3ccc(F)cc32)c(C)c1C(=O)Oc1cn[nH]n1. The van der Waals surface area contributed by atoms with E-state index in [1.807, 2.05) is 0 Å². The van der Waals surface area contributed by atoms with Crippen molar-refractivity contribution in [1.29, 1.82) is 0 Å². The van der Waals surface area contributed by atoms with Crippen LogP contribution in [-0.2, 0) is 4.79 Å². The molecule has 2 aromatic heterocycles. The summed E-state index contributed by atoms with van der Waals surface area (Å²) in [7, 11) is 0. The average Bonchev–Trinajstić information content (AvgIpc) is 3.29. The van der Waals surface area contributed by atoms with E-state index < -0.39 is 11.8 Å². The maximum atomic E-state index is 13.6. The van der Waals surface area contributed by atoms with Crippen LogP contribution in [0.3, 0.4) is 0 Å². The summed E-state index contributed by atoms with van der Waals surface area (Å²) in [5, 5.41) is 12.3. The number of aryl methyl sites for hydroxylation is 1. The molecule has 1 aromatic carbocycles. The Hall–Kier alpha value is -3.75. The van der Waals surface area contributed by atoms with Gasteiger partial charge in [-0.1, -0.05) is 0 Å². The molecular formula is C18H14FN5O3. The van der Waals surface area contributed by atoms with Gasteiger partial charge in [0.05, 0.1) is 11.1 Å². The molecule has 3 N–H and O–H groups in total. The van der Waals surface area contributed by atoms with Crippen LogP contribution in [0.1, 0.15) is 32.9 Å². The lowest BCUT2D eigenvalue weighted by Gasteiger charge is -2.01. The minimum Gasteiger partial charge on any atom is -0.400 e. The summed E-state index contributed by atoms with van der Waals surface area (Å²) < 4.78 is 18.8. The van der Waals surface area contributed by atoms with Crippen molar-refractivity contribution >= 4 is 29.2 Å². The van der Waals surface area contributed by atoms with Gasteiger partial charge in [0.2, 0.25) is 0 Å². The standard InChI is InChI=1S/C18H14FN5O3/c1-8-14(6-12-11-5-10(19)3-4-13(11)22-17(12)25)21-9(2)16(8)18(26)27-15-7-20-24-23-15/h3-7,21H,1-2H3,(H,22,25)(H,20,23,24)/b12-6-. The molecule has 0 bridgehead atoms. The number of carbonyl (C=O) groups is 2. The lowest BCUT2D eigenvalue weighted by atomic mass is 10.0. The van der Waals surface area contributed by atoms with Crippen molar-refractivity contribution in [3.8, 4) is 5.88 Å². The fraction of sp³-hybridized carbons (Fsp3) is 0.111. The number of aromatic amines is 2. The molecule has 1 aliphatic rings. The molecule has 4 rings (SSSR count). The number of benzene rings is 1. The molecule has 0 saturated carbocycles. The van der Waals surface area contributed by atoms with E-state index in [0.29, 0.717) is 39.3 Å². The number of halogens is 1. The van der Waals surface area contributed by atoms with Crippen molar-refractivity contribution < 1.29 is 18.7 Å². The van der Waals surface area contributed by atoms with Gasteiger partial charge < -0.3 is 15.0 Å². The minimum atomic E-state index is -0.595. The van der Waals surface area contributed by atoms with Gasteiger partial charge in [0.1, 0.15) is 12.0 Å². The number of ether oxygens (including phenoxy) is 1. The Bertz CT molecular complexity index is 1100. The molecule has 0 atom stereocenters. The normalized spacial score (nSPS) is 14.3. The van der Waals surface area contributed by atoms with E-state index in [-0.39, 0.29) is 11.8 Å². The predicted molar refractivity (Wildman–Crippen MR) is 94.5 cm³/mol. The monoisotopic (exact) mass is 367 g/mol. The van der Waals surface area contributed by atoms with E-state index in [2.05, 4.69) is 25.7 Å². The number of carbonyl (C=O) groups excluding carboxylic acids is 2. The van der Waals surface area contributed by atoms with Gasteiger partial charge in [-0.2, -0.15) is 10.3 Å². The number of aromatic nitrogens is 4. The first-order chi connectivity index (χ1) is 12.9. The molecular weight excluding hydrogens is 353 g/mol. The number of hydrogen-bond acceptors (Lipinski definition) is 5. The molecule has 1 amide bonds. The van der Waals surface area contributed by atoms with Crippen LogP contribution < -0.4 is 10.1 Å². The van der Waals surface area contributed by atoms with Gasteiger partial charge in [-0.3, -0.25) is 4.79 Å². The topological polar surface area (TPSA) is 113 Å². The summed E-state index contributed by atoms with van der Waals surface area (Å²) in [6.45, 7) is 3.45. The van der Waals surface area contributed by atoms with Gasteiger partial charge in [0.25, 0.3) is 11.8 Å². The third-order valence-electron chi connectivity index (χ3n) is 4.32. The molecule has 9 heteroatoms. The number of nitrogens with zero attached hydrogens (tertiary/aromatic N) is 2. The van der Waals surface area contributed by atoms with Gasteiger partial charge in [-0.25, -0.2) is 9.18 Å². The zero-order valence-corrected chi connectivity index (χ0v) is 14.4.